The first-order chi connectivity index (χ1) is 13.0. The van der Waals surface area contributed by atoms with Gasteiger partial charge in [-0.05, 0) is 49.0 Å². The summed E-state index contributed by atoms with van der Waals surface area (Å²) < 4.78 is 13.9. The van der Waals surface area contributed by atoms with Gasteiger partial charge in [-0.2, -0.15) is 0 Å². The molecule has 0 aliphatic rings. The number of carbonyl (C=O) groups is 1. The molecule has 1 N–H and O–H groups in total. The van der Waals surface area contributed by atoms with E-state index in [2.05, 4.69) is 5.32 Å². The normalized spacial score (nSPS) is 10.8. The molecule has 0 aromatic heterocycles. The Bertz CT molecular complexity index is 893. The van der Waals surface area contributed by atoms with Crippen molar-refractivity contribution in [2.45, 2.75) is 13.1 Å². The van der Waals surface area contributed by atoms with E-state index in [9.17, 15) is 9.18 Å². The molecule has 0 bridgehead atoms. The van der Waals surface area contributed by atoms with E-state index < -0.39 is 0 Å². The van der Waals surface area contributed by atoms with Gasteiger partial charge < -0.3 is 5.32 Å². The van der Waals surface area contributed by atoms with Crippen molar-refractivity contribution in [1.82, 2.24) is 4.90 Å². The highest BCUT2D eigenvalue weighted by atomic mass is 35.5. The van der Waals surface area contributed by atoms with E-state index in [0.717, 1.165) is 11.3 Å². The maximum absolute atomic E-state index is 13.9. The SMILES string of the molecule is CN(Cc1ccc(C(=O)Nc2ccccc2)cc1)Cc1c(F)cccc1Cl. The average molecular weight is 383 g/mol. The summed E-state index contributed by atoms with van der Waals surface area (Å²) in [5.74, 6) is -0.457. The third-order valence-corrected chi connectivity index (χ3v) is 4.54. The Morgan fingerprint density at radius 3 is 2.33 bits per heavy atom. The molecule has 0 fully saturated rings. The Labute approximate surface area is 163 Å². The smallest absolute Gasteiger partial charge is 0.255 e. The molecule has 27 heavy (non-hydrogen) atoms. The van der Waals surface area contributed by atoms with Crippen molar-refractivity contribution in [1.29, 1.82) is 0 Å². The van der Waals surface area contributed by atoms with Gasteiger partial charge in [0.1, 0.15) is 5.82 Å². The minimum Gasteiger partial charge on any atom is -0.322 e. The van der Waals surface area contributed by atoms with Crippen molar-refractivity contribution < 1.29 is 9.18 Å². The van der Waals surface area contributed by atoms with Gasteiger partial charge in [-0.3, -0.25) is 9.69 Å². The topological polar surface area (TPSA) is 32.3 Å². The molecule has 0 heterocycles. The Balaban J connectivity index is 1.61. The lowest BCUT2D eigenvalue weighted by atomic mass is 10.1. The minimum atomic E-state index is -0.303. The van der Waals surface area contributed by atoms with Gasteiger partial charge in [0.2, 0.25) is 0 Å². The van der Waals surface area contributed by atoms with Crippen LogP contribution in [0, 0.1) is 5.82 Å². The second kappa shape index (κ2) is 8.80. The predicted octanol–water partition coefficient (Wildman–Crippen LogP) is 5.36. The largest absolute Gasteiger partial charge is 0.322 e. The second-order valence-electron chi connectivity index (χ2n) is 6.39. The van der Waals surface area contributed by atoms with Gasteiger partial charge in [0.05, 0.1) is 0 Å². The van der Waals surface area contributed by atoms with Crippen molar-refractivity contribution >= 4 is 23.2 Å². The zero-order valence-corrected chi connectivity index (χ0v) is 15.7. The first-order valence-electron chi connectivity index (χ1n) is 8.59. The molecule has 0 spiro atoms. The van der Waals surface area contributed by atoms with Crippen LogP contribution < -0.4 is 5.32 Å². The molecule has 0 radical (unpaired) electrons. The molecular weight excluding hydrogens is 363 g/mol. The quantitative estimate of drug-likeness (QED) is 0.622. The number of carbonyl (C=O) groups excluding carboxylic acids is 1. The molecule has 5 heteroatoms. The van der Waals surface area contributed by atoms with Crippen LogP contribution in [0.1, 0.15) is 21.5 Å². The number of nitrogens with one attached hydrogen (secondary N) is 1. The van der Waals surface area contributed by atoms with Crippen LogP contribution >= 0.6 is 11.6 Å². The number of para-hydroxylation sites is 1. The third-order valence-electron chi connectivity index (χ3n) is 4.19. The molecule has 1 amide bonds. The maximum Gasteiger partial charge on any atom is 0.255 e. The summed E-state index contributed by atoms with van der Waals surface area (Å²) in [4.78, 5) is 14.3. The van der Waals surface area contributed by atoms with E-state index in [1.807, 2.05) is 54.4 Å². The van der Waals surface area contributed by atoms with E-state index in [0.29, 0.717) is 29.2 Å². The van der Waals surface area contributed by atoms with Crippen molar-refractivity contribution in [3.05, 3.63) is 100 Å². The van der Waals surface area contributed by atoms with Crippen LogP contribution in [-0.4, -0.2) is 17.9 Å². The van der Waals surface area contributed by atoms with E-state index >= 15 is 0 Å². The summed E-state index contributed by atoms with van der Waals surface area (Å²) >= 11 is 6.09. The van der Waals surface area contributed by atoms with Gasteiger partial charge in [0.25, 0.3) is 5.91 Å². The molecule has 0 saturated heterocycles. The highest BCUT2D eigenvalue weighted by Crippen LogP contribution is 2.21. The van der Waals surface area contributed by atoms with Gasteiger partial charge in [0, 0.05) is 34.9 Å². The summed E-state index contributed by atoms with van der Waals surface area (Å²) in [6.45, 7) is 1.02. The number of amides is 1. The molecule has 0 aliphatic carbocycles. The number of anilines is 1. The fraction of sp³-hybridized carbons (Fsp3) is 0.136. The molecule has 138 valence electrons. The summed E-state index contributed by atoms with van der Waals surface area (Å²) in [5, 5.41) is 3.28. The molecule has 3 nitrogen and oxygen atoms in total. The zero-order valence-electron chi connectivity index (χ0n) is 15.0. The summed E-state index contributed by atoms with van der Waals surface area (Å²) in [6, 6.07) is 21.4. The lowest BCUT2D eigenvalue weighted by Gasteiger charge is -2.18. The number of hydrogen-bond donors (Lipinski definition) is 1. The molecule has 3 rings (SSSR count). The number of nitrogens with zero attached hydrogens (tertiary/aromatic N) is 1. The van der Waals surface area contributed by atoms with Crippen molar-refractivity contribution in [2.75, 3.05) is 12.4 Å². The highest BCUT2D eigenvalue weighted by molar-refractivity contribution is 6.31. The molecule has 3 aromatic carbocycles. The minimum absolute atomic E-state index is 0.153. The van der Waals surface area contributed by atoms with Crippen molar-refractivity contribution in [3.8, 4) is 0 Å². The molecule has 0 saturated carbocycles. The Kier molecular flexibility index (Phi) is 6.22. The molecule has 0 atom stereocenters. The maximum atomic E-state index is 13.9. The third kappa shape index (κ3) is 5.16. The molecular formula is C22H20ClFN2O. The monoisotopic (exact) mass is 382 g/mol. The highest BCUT2D eigenvalue weighted by Gasteiger charge is 2.11. The fourth-order valence-corrected chi connectivity index (χ4v) is 3.03. The van der Waals surface area contributed by atoms with E-state index in [4.69, 9.17) is 11.6 Å². The van der Waals surface area contributed by atoms with Crippen LogP contribution in [0.15, 0.2) is 72.8 Å². The standard InChI is InChI=1S/C22H20ClFN2O/c1-26(15-19-20(23)8-5-9-21(19)24)14-16-10-12-17(13-11-16)22(27)25-18-6-3-2-4-7-18/h2-13H,14-15H2,1H3,(H,25,27). The van der Waals surface area contributed by atoms with Crippen molar-refractivity contribution in [3.63, 3.8) is 0 Å². The van der Waals surface area contributed by atoms with Gasteiger partial charge in [0.15, 0.2) is 0 Å². The molecule has 0 unspecified atom stereocenters. The fourth-order valence-electron chi connectivity index (χ4n) is 2.81. The molecule has 0 aliphatic heterocycles. The number of rotatable bonds is 6. The van der Waals surface area contributed by atoms with Gasteiger partial charge in [-0.1, -0.05) is 48.0 Å². The number of halogens is 2. The van der Waals surface area contributed by atoms with Crippen molar-refractivity contribution in [2.24, 2.45) is 0 Å². The average Bonchev–Trinajstić information content (AvgIpc) is 2.66. The van der Waals surface area contributed by atoms with Crippen LogP contribution in [0.3, 0.4) is 0 Å². The summed E-state index contributed by atoms with van der Waals surface area (Å²) in [5.41, 5.74) is 2.86. The zero-order chi connectivity index (χ0) is 19.2. The lowest BCUT2D eigenvalue weighted by molar-refractivity contribution is 0.102. The number of hydrogen-bond acceptors (Lipinski definition) is 2. The lowest BCUT2D eigenvalue weighted by Crippen LogP contribution is -2.18. The Hall–Kier alpha value is -2.69. The Morgan fingerprint density at radius 2 is 1.67 bits per heavy atom. The van der Waals surface area contributed by atoms with Gasteiger partial charge in [-0.25, -0.2) is 4.39 Å². The van der Waals surface area contributed by atoms with Crippen LogP contribution in [0.25, 0.3) is 0 Å². The van der Waals surface area contributed by atoms with Gasteiger partial charge >= 0.3 is 0 Å². The summed E-state index contributed by atoms with van der Waals surface area (Å²) in [7, 11) is 1.90. The van der Waals surface area contributed by atoms with Crippen LogP contribution in [-0.2, 0) is 13.1 Å². The Morgan fingerprint density at radius 1 is 0.963 bits per heavy atom. The van der Waals surface area contributed by atoms with E-state index in [1.165, 1.54) is 6.07 Å². The van der Waals surface area contributed by atoms with E-state index in [1.54, 1.807) is 24.3 Å². The second-order valence-corrected chi connectivity index (χ2v) is 6.80. The number of benzene rings is 3. The first-order valence-corrected chi connectivity index (χ1v) is 8.97. The van der Waals surface area contributed by atoms with Crippen LogP contribution in [0.2, 0.25) is 5.02 Å². The summed E-state index contributed by atoms with van der Waals surface area (Å²) in [6.07, 6.45) is 0. The van der Waals surface area contributed by atoms with Crippen LogP contribution in [0.4, 0.5) is 10.1 Å². The molecule has 3 aromatic rings. The van der Waals surface area contributed by atoms with Gasteiger partial charge in [-0.15, -0.1) is 0 Å². The predicted molar refractivity (Wildman–Crippen MR) is 107 cm³/mol. The van der Waals surface area contributed by atoms with Crippen LogP contribution in [0.5, 0.6) is 0 Å². The van der Waals surface area contributed by atoms with E-state index in [-0.39, 0.29) is 11.7 Å². The first kappa shape index (κ1) is 19.1.